The van der Waals surface area contributed by atoms with Gasteiger partial charge in [-0.3, -0.25) is 9.59 Å². The van der Waals surface area contributed by atoms with Crippen molar-refractivity contribution in [3.63, 3.8) is 0 Å². The molecule has 18 heavy (non-hydrogen) atoms. The van der Waals surface area contributed by atoms with Crippen molar-refractivity contribution in [3.05, 3.63) is 35.4 Å². The van der Waals surface area contributed by atoms with Gasteiger partial charge in [0, 0.05) is 31.5 Å². The molecule has 0 bridgehead atoms. The molecule has 96 valence electrons. The van der Waals surface area contributed by atoms with E-state index in [0.29, 0.717) is 25.9 Å². The number of carbonyl (C=O) groups is 2. The fourth-order valence-corrected chi connectivity index (χ4v) is 1.97. The number of ketones is 1. The van der Waals surface area contributed by atoms with Crippen molar-refractivity contribution in [2.24, 2.45) is 0 Å². The third kappa shape index (κ3) is 2.72. The Bertz CT molecular complexity index is 458. The van der Waals surface area contributed by atoms with Gasteiger partial charge in [0.05, 0.1) is 6.42 Å². The van der Waals surface area contributed by atoms with E-state index in [2.05, 4.69) is 0 Å². The zero-order valence-electron chi connectivity index (χ0n) is 9.79. The van der Waals surface area contributed by atoms with Gasteiger partial charge >= 0.3 is 0 Å². The summed E-state index contributed by atoms with van der Waals surface area (Å²) in [6.07, 6.45) is 0.351. The van der Waals surface area contributed by atoms with Crippen LogP contribution in [0, 0.1) is 11.6 Å². The summed E-state index contributed by atoms with van der Waals surface area (Å²) in [5, 5.41) is 0. The molecular weight excluding hydrogens is 240 g/mol. The quantitative estimate of drug-likeness (QED) is 0.804. The number of nitrogens with zero attached hydrogens (tertiary/aromatic N) is 1. The average molecular weight is 253 g/mol. The summed E-state index contributed by atoms with van der Waals surface area (Å²) < 4.78 is 26.8. The number of amides is 1. The Hall–Kier alpha value is -1.78. The highest BCUT2D eigenvalue weighted by molar-refractivity contribution is 5.84. The number of hydrogen-bond acceptors (Lipinski definition) is 2. The van der Waals surface area contributed by atoms with Gasteiger partial charge in [0.15, 0.2) is 0 Å². The Morgan fingerprint density at radius 2 is 1.72 bits per heavy atom. The largest absolute Gasteiger partial charge is 0.342 e. The van der Waals surface area contributed by atoms with Crippen LogP contribution in [0.4, 0.5) is 8.78 Å². The van der Waals surface area contributed by atoms with Crippen molar-refractivity contribution in [2.75, 3.05) is 13.1 Å². The molecule has 0 aliphatic carbocycles. The van der Waals surface area contributed by atoms with Crippen LogP contribution in [-0.2, 0) is 16.0 Å². The first-order chi connectivity index (χ1) is 8.58. The van der Waals surface area contributed by atoms with Crippen LogP contribution in [0.5, 0.6) is 0 Å². The Kier molecular flexibility index (Phi) is 3.69. The zero-order chi connectivity index (χ0) is 13.1. The number of likely N-dealkylation sites (tertiary alicyclic amines) is 1. The van der Waals surface area contributed by atoms with E-state index in [0.717, 1.165) is 12.1 Å². The molecular formula is C13H13F2NO2. The third-order valence-corrected chi connectivity index (χ3v) is 3.06. The number of Topliss-reactive ketones (excluding diaryl/α,β-unsaturated/α-hetero) is 1. The second-order valence-electron chi connectivity index (χ2n) is 4.30. The normalized spacial score (nSPS) is 15.9. The molecule has 1 aromatic carbocycles. The molecule has 0 atom stereocenters. The van der Waals surface area contributed by atoms with Crippen LogP contribution in [0.3, 0.4) is 0 Å². The summed E-state index contributed by atoms with van der Waals surface area (Å²) in [5.41, 5.74) is -0.209. The fraction of sp³-hybridized carbons (Fsp3) is 0.385. The highest BCUT2D eigenvalue weighted by Gasteiger charge is 2.22. The number of benzene rings is 1. The molecule has 1 amide bonds. The molecule has 0 saturated carbocycles. The molecule has 0 radical (unpaired) electrons. The van der Waals surface area contributed by atoms with Crippen molar-refractivity contribution in [1.29, 1.82) is 0 Å². The van der Waals surface area contributed by atoms with Crippen molar-refractivity contribution >= 4 is 11.7 Å². The van der Waals surface area contributed by atoms with Crippen molar-refractivity contribution in [2.45, 2.75) is 19.3 Å². The van der Waals surface area contributed by atoms with E-state index in [1.807, 2.05) is 0 Å². The first-order valence-electron chi connectivity index (χ1n) is 5.80. The Balaban J connectivity index is 2.05. The number of halogens is 2. The van der Waals surface area contributed by atoms with Crippen LogP contribution in [0.2, 0.25) is 0 Å². The Morgan fingerprint density at radius 3 is 2.28 bits per heavy atom. The van der Waals surface area contributed by atoms with E-state index in [4.69, 9.17) is 0 Å². The topological polar surface area (TPSA) is 37.4 Å². The minimum absolute atomic E-state index is 0.121. The smallest absolute Gasteiger partial charge is 0.227 e. The van der Waals surface area contributed by atoms with Gasteiger partial charge in [0.1, 0.15) is 17.4 Å². The summed E-state index contributed by atoms with van der Waals surface area (Å²) in [4.78, 5) is 24.4. The van der Waals surface area contributed by atoms with Gasteiger partial charge in [-0.15, -0.1) is 0 Å². The maximum Gasteiger partial charge on any atom is 0.227 e. The second-order valence-corrected chi connectivity index (χ2v) is 4.30. The van der Waals surface area contributed by atoms with Crippen LogP contribution >= 0.6 is 0 Å². The highest BCUT2D eigenvalue weighted by Crippen LogP contribution is 2.15. The number of piperidine rings is 1. The molecule has 0 spiro atoms. The minimum atomic E-state index is -0.712. The molecule has 5 heteroatoms. The lowest BCUT2D eigenvalue weighted by molar-refractivity contribution is -0.134. The lowest BCUT2D eigenvalue weighted by atomic mass is 10.1. The van der Waals surface area contributed by atoms with E-state index in [1.165, 1.54) is 11.0 Å². The van der Waals surface area contributed by atoms with Crippen LogP contribution in [0.1, 0.15) is 18.4 Å². The molecule has 0 aromatic heterocycles. The minimum Gasteiger partial charge on any atom is -0.342 e. The highest BCUT2D eigenvalue weighted by atomic mass is 19.1. The number of carbonyl (C=O) groups excluding carboxylic acids is 2. The average Bonchev–Trinajstić information content (AvgIpc) is 2.34. The molecule has 1 aromatic rings. The number of hydrogen-bond donors (Lipinski definition) is 0. The number of rotatable bonds is 2. The van der Waals surface area contributed by atoms with Gasteiger partial charge in [-0.1, -0.05) is 6.07 Å². The van der Waals surface area contributed by atoms with Gasteiger partial charge in [0.25, 0.3) is 0 Å². The van der Waals surface area contributed by atoms with Gasteiger partial charge in [-0.05, 0) is 12.1 Å². The SMILES string of the molecule is O=C1CCN(C(=O)Cc2c(F)cccc2F)CC1. The van der Waals surface area contributed by atoms with Crippen LogP contribution < -0.4 is 0 Å². The summed E-state index contributed by atoms with van der Waals surface area (Å²) in [5.74, 6) is -1.64. The zero-order valence-corrected chi connectivity index (χ0v) is 9.79. The van der Waals surface area contributed by atoms with E-state index in [1.54, 1.807) is 0 Å². The first-order valence-corrected chi connectivity index (χ1v) is 5.80. The van der Waals surface area contributed by atoms with Gasteiger partial charge in [-0.2, -0.15) is 0 Å². The van der Waals surface area contributed by atoms with E-state index in [-0.39, 0.29) is 23.7 Å². The summed E-state index contributed by atoms with van der Waals surface area (Å²) in [6, 6.07) is 3.52. The van der Waals surface area contributed by atoms with Crippen LogP contribution in [0.25, 0.3) is 0 Å². The molecule has 1 saturated heterocycles. The van der Waals surface area contributed by atoms with E-state index in [9.17, 15) is 18.4 Å². The van der Waals surface area contributed by atoms with Crippen molar-refractivity contribution < 1.29 is 18.4 Å². The monoisotopic (exact) mass is 253 g/mol. The van der Waals surface area contributed by atoms with Crippen molar-refractivity contribution in [3.8, 4) is 0 Å². The van der Waals surface area contributed by atoms with Gasteiger partial charge in [0.2, 0.25) is 5.91 Å². The lowest BCUT2D eigenvalue weighted by Gasteiger charge is -2.26. The van der Waals surface area contributed by atoms with Gasteiger partial charge in [-0.25, -0.2) is 8.78 Å². The summed E-state index contributed by atoms with van der Waals surface area (Å²) in [6.45, 7) is 0.682. The summed E-state index contributed by atoms with van der Waals surface area (Å²) >= 11 is 0. The molecule has 1 heterocycles. The van der Waals surface area contributed by atoms with E-state index < -0.39 is 11.6 Å². The Labute approximate surface area is 103 Å². The predicted octanol–water partition coefficient (Wildman–Crippen LogP) is 1.70. The maximum atomic E-state index is 13.4. The maximum absolute atomic E-state index is 13.4. The van der Waals surface area contributed by atoms with E-state index >= 15 is 0 Å². The molecule has 0 N–H and O–H groups in total. The molecule has 1 aliphatic heterocycles. The molecule has 1 aliphatic rings. The summed E-state index contributed by atoms with van der Waals surface area (Å²) in [7, 11) is 0. The van der Waals surface area contributed by atoms with Crippen LogP contribution in [-0.4, -0.2) is 29.7 Å². The van der Waals surface area contributed by atoms with Crippen LogP contribution in [0.15, 0.2) is 18.2 Å². The first kappa shape index (κ1) is 12.7. The second kappa shape index (κ2) is 5.25. The van der Waals surface area contributed by atoms with Gasteiger partial charge < -0.3 is 4.90 Å². The predicted molar refractivity (Wildman–Crippen MR) is 60.9 cm³/mol. The van der Waals surface area contributed by atoms with Crippen molar-refractivity contribution in [1.82, 2.24) is 4.90 Å². The fourth-order valence-electron chi connectivity index (χ4n) is 1.97. The lowest BCUT2D eigenvalue weighted by Crippen LogP contribution is -2.39. The standard InChI is InChI=1S/C13H13F2NO2/c14-11-2-1-3-12(15)10(11)8-13(18)16-6-4-9(17)5-7-16/h1-3H,4-8H2. The molecule has 2 rings (SSSR count). The molecule has 0 unspecified atom stereocenters. The Morgan fingerprint density at radius 1 is 1.17 bits per heavy atom. The molecule has 1 fully saturated rings. The third-order valence-electron chi connectivity index (χ3n) is 3.06. The molecule has 3 nitrogen and oxygen atoms in total.